The molecule has 0 aliphatic rings. The van der Waals surface area contributed by atoms with E-state index in [1.807, 2.05) is 6.92 Å². The number of benzene rings is 1. The van der Waals surface area contributed by atoms with Crippen molar-refractivity contribution in [3.63, 3.8) is 0 Å². The standard InChI is InChI=1S/C14H11NO4/c1-7-3-11-9(6-15-7)14(17)8-4-10(16)13(18-2)5-12(8)19-11/h3-6,16H,1-2H3. The number of aromatic hydroxyl groups is 1. The van der Waals surface area contributed by atoms with Gasteiger partial charge in [-0.25, -0.2) is 0 Å². The number of aromatic nitrogens is 1. The molecule has 0 saturated heterocycles. The molecule has 0 unspecified atom stereocenters. The van der Waals surface area contributed by atoms with Gasteiger partial charge >= 0.3 is 0 Å². The molecule has 96 valence electrons. The number of phenolic OH excluding ortho intramolecular Hbond substituents is 1. The van der Waals surface area contributed by atoms with Crippen molar-refractivity contribution in [1.29, 1.82) is 0 Å². The van der Waals surface area contributed by atoms with E-state index in [9.17, 15) is 9.90 Å². The molecule has 2 heterocycles. The van der Waals surface area contributed by atoms with Crippen LogP contribution in [-0.2, 0) is 0 Å². The van der Waals surface area contributed by atoms with Gasteiger partial charge < -0.3 is 14.3 Å². The second kappa shape index (κ2) is 3.98. The van der Waals surface area contributed by atoms with Crippen LogP contribution in [0.5, 0.6) is 11.5 Å². The fraction of sp³-hybridized carbons (Fsp3) is 0.143. The summed E-state index contributed by atoms with van der Waals surface area (Å²) in [6.45, 7) is 1.82. The summed E-state index contributed by atoms with van der Waals surface area (Å²) >= 11 is 0. The fourth-order valence-electron chi connectivity index (χ4n) is 2.03. The third-order valence-corrected chi connectivity index (χ3v) is 2.99. The van der Waals surface area contributed by atoms with Crippen LogP contribution in [0.3, 0.4) is 0 Å². The minimum absolute atomic E-state index is 0.0956. The lowest BCUT2D eigenvalue weighted by Crippen LogP contribution is -2.03. The summed E-state index contributed by atoms with van der Waals surface area (Å²) in [5.74, 6) is 0.169. The van der Waals surface area contributed by atoms with Crippen molar-refractivity contribution in [2.75, 3.05) is 7.11 Å². The van der Waals surface area contributed by atoms with Gasteiger partial charge in [0.15, 0.2) is 11.5 Å². The summed E-state index contributed by atoms with van der Waals surface area (Å²) in [7, 11) is 1.44. The van der Waals surface area contributed by atoms with Crippen molar-refractivity contribution in [2.45, 2.75) is 6.92 Å². The summed E-state index contributed by atoms with van der Waals surface area (Å²) in [5, 5.41) is 10.4. The molecule has 1 N–H and O–H groups in total. The molecule has 0 bridgehead atoms. The number of rotatable bonds is 1. The third kappa shape index (κ3) is 1.71. The van der Waals surface area contributed by atoms with Crippen molar-refractivity contribution in [3.05, 3.63) is 40.3 Å². The molecule has 0 fully saturated rings. The summed E-state index contributed by atoms with van der Waals surface area (Å²) in [6, 6.07) is 4.55. The molecule has 3 rings (SSSR count). The first kappa shape index (κ1) is 11.5. The predicted molar refractivity (Wildman–Crippen MR) is 70.7 cm³/mol. The lowest BCUT2D eigenvalue weighted by Gasteiger charge is -2.06. The van der Waals surface area contributed by atoms with E-state index in [-0.39, 0.29) is 16.9 Å². The van der Waals surface area contributed by atoms with Gasteiger partial charge in [0.25, 0.3) is 0 Å². The van der Waals surface area contributed by atoms with Crippen LogP contribution in [0, 0.1) is 6.92 Å². The van der Waals surface area contributed by atoms with Gasteiger partial charge in [-0.2, -0.15) is 0 Å². The fourth-order valence-corrected chi connectivity index (χ4v) is 2.03. The highest BCUT2D eigenvalue weighted by Gasteiger charge is 2.12. The largest absolute Gasteiger partial charge is 0.504 e. The molecule has 0 spiro atoms. The maximum absolute atomic E-state index is 12.3. The summed E-state index contributed by atoms with van der Waals surface area (Å²) in [4.78, 5) is 16.4. The molecular formula is C14H11NO4. The number of nitrogens with zero attached hydrogens (tertiary/aromatic N) is 1. The van der Waals surface area contributed by atoms with Crippen LogP contribution in [0.2, 0.25) is 0 Å². The Hall–Kier alpha value is -2.56. The van der Waals surface area contributed by atoms with Crippen molar-refractivity contribution in [3.8, 4) is 11.5 Å². The maximum atomic E-state index is 12.3. The minimum atomic E-state index is -0.221. The van der Waals surface area contributed by atoms with Gasteiger partial charge in [-0.1, -0.05) is 0 Å². The zero-order valence-corrected chi connectivity index (χ0v) is 10.4. The van der Waals surface area contributed by atoms with Crippen LogP contribution in [0.1, 0.15) is 5.69 Å². The second-order valence-electron chi connectivity index (χ2n) is 4.27. The SMILES string of the molecule is COc1cc2oc3cc(C)ncc3c(=O)c2cc1O. The predicted octanol–water partition coefficient (Wildman–Crippen LogP) is 2.36. The van der Waals surface area contributed by atoms with Crippen LogP contribution >= 0.6 is 0 Å². The Kier molecular flexibility index (Phi) is 2.41. The Balaban J connectivity index is 2.50. The molecular weight excluding hydrogens is 246 g/mol. The Morgan fingerprint density at radius 1 is 1.21 bits per heavy atom. The van der Waals surface area contributed by atoms with Crippen LogP contribution in [0.4, 0.5) is 0 Å². The number of aryl methyl sites for hydroxylation is 1. The third-order valence-electron chi connectivity index (χ3n) is 2.99. The van der Waals surface area contributed by atoms with E-state index in [4.69, 9.17) is 9.15 Å². The highest BCUT2D eigenvalue weighted by Crippen LogP contribution is 2.31. The number of hydrogen-bond donors (Lipinski definition) is 1. The Morgan fingerprint density at radius 3 is 2.68 bits per heavy atom. The van der Waals surface area contributed by atoms with E-state index in [1.165, 1.54) is 25.4 Å². The highest BCUT2D eigenvalue weighted by atomic mass is 16.5. The number of phenols is 1. The van der Waals surface area contributed by atoms with Gasteiger partial charge in [-0.3, -0.25) is 9.78 Å². The average Bonchev–Trinajstić information content (AvgIpc) is 2.39. The first-order valence-electron chi connectivity index (χ1n) is 5.70. The molecule has 0 amide bonds. The second-order valence-corrected chi connectivity index (χ2v) is 4.27. The molecule has 3 aromatic rings. The minimum Gasteiger partial charge on any atom is -0.504 e. The van der Waals surface area contributed by atoms with E-state index in [0.717, 1.165) is 5.69 Å². The zero-order chi connectivity index (χ0) is 13.6. The van der Waals surface area contributed by atoms with E-state index in [2.05, 4.69) is 4.98 Å². The Bertz CT molecular complexity index is 851. The van der Waals surface area contributed by atoms with E-state index >= 15 is 0 Å². The van der Waals surface area contributed by atoms with Gasteiger partial charge in [0, 0.05) is 24.0 Å². The quantitative estimate of drug-likeness (QED) is 0.677. The Labute approximate surface area is 108 Å². The van der Waals surface area contributed by atoms with Crippen molar-refractivity contribution >= 4 is 21.9 Å². The molecule has 0 aliphatic carbocycles. The van der Waals surface area contributed by atoms with Gasteiger partial charge in [0.05, 0.1) is 17.9 Å². The number of hydrogen-bond acceptors (Lipinski definition) is 5. The smallest absolute Gasteiger partial charge is 0.202 e. The number of pyridine rings is 1. The summed E-state index contributed by atoms with van der Waals surface area (Å²) in [5.41, 5.74) is 1.39. The molecule has 0 radical (unpaired) electrons. The van der Waals surface area contributed by atoms with Crippen LogP contribution in [0.25, 0.3) is 21.9 Å². The highest BCUT2D eigenvalue weighted by molar-refractivity contribution is 5.91. The number of methoxy groups -OCH3 is 1. The van der Waals surface area contributed by atoms with Gasteiger partial charge in [-0.15, -0.1) is 0 Å². The monoisotopic (exact) mass is 257 g/mol. The van der Waals surface area contributed by atoms with Crippen LogP contribution in [-0.4, -0.2) is 17.2 Å². The molecule has 0 saturated carbocycles. The normalized spacial score (nSPS) is 11.1. The molecule has 0 atom stereocenters. The van der Waals surface area contributed by atoms with Crippen LogP contribution in [0.15, 0.2) is 33.6 Å². The first-order chi connectivity index (χ1) is 9.10. The van der Waals surface area contributed by atoms with Gasteiger partial charge in [0.2, 0.25) is 5.43 Å². The van der Waals surface area contributed by atoms with E-state index in [0.29, 0.717) is 21.9 Å². The lowest BCUT2D eigenvalue weighted by molar-refractivity contribution is 0.373. The van der Waals surface area contributed by atoms with Crippen molar-refractivity contribution < 1.29 is 14.3 Å². The zero-order valence-electron chi connectivity index (χ0n) is 10.4. The lowest BCUT2D eigenvalue weighted by atomic mass is 10.1. The maximum Gasteiger partial charge on any atom is 0.202 e. The average molecular weight is 257 g/mol. The molecule has 5 heteroatoms. The molecule has 1 aromatic carbocycles. The molecule has 0 aliphatic heterocycles. The Morgan fingerprint density at radius 2 is 1.95 bits per heavy atom. The number of fused-ring (bicyclic) bond motifs is 2. The van der Waals surface area contributed by atoms with E-state index < -0.39 is 0 Å². The van der Waals surface area contributed by atoms with Crippen molar-refractivity contribution in [2.24, 2.45) is 0 Å². The molecule has 5 nitrogen and oxygen atoms in total. The first-order valence-corrected chi connectivity index (χ1v) is 5.70. The summed E-state index contributed by atoms with van der Waals surface area (Å²) < 4.78 is 10.7. The number of ether oxygens (including phenoxy) is 1. The van der Waals surface area contributed by atoms with Crippen molar-refractivity contribution in [1.82, 2.24) is 4.98 Å². The topological polar surface area (TPSA) is 72.6 Å². The van der Waals surface area contributed by atoms with Crippen LogP contribution < -0.4 is 10.2 Å². The van der Waals surface area contributed by atoms with Gasteiger partial charge in [0.1, 0.15) is 11.2 Å². The molecule has 2 aromatic heterocycles. The molecule has 19 heavy (non-hydrogen) atoms. The van der Waals surface area contributed by atoms with Gasteiger partial charge in [-0.05, 0) is 13.0 Å². The summed E-state index contributed by atoms with van der Waals surface area (Å²) in [6.07, 6.45) is 1.48. The van der Waals surface area contributed by atoms with E-state index in [1.54, 1.807) is 6.07 Å².